The van der Waals surface area contributed by atoms with Gasteiger partial charge in [-0.1, -0.05) is 22.0 Å². The number of hydrogen-bond donors (Lipinski definition) is 1. The Bertz CT molecular complexity index is 654. The van der Waals surface area contributed by atoms with Gasteiger partial charge < -0.3 is 4.57 Å². The summed E-state index contributed by atoms with van der Waals surface area (Å²) in [6, 6.07) is 5.38. The average Bonchev–Trinajstić information content (AvgIpc) is 2.95. The van der Waals surface area contributed by atoms with Crippen LogP contribution in [0.4, 0.5) is 13.2 Å². The lowest BCUT2D eigenvalue weighted by atomic mass is 9.87. The molecule has 2 heterocycles. The number of hydrogen-bond acceptors (Lipinski definition) is 1. The van der Waals surface area contributed by atoms with Crippen LogP contribution in [0.1, 0.15) is 18.4 Å². The molecule has 1 unspecified atom stereocenters. The quantitative estimate of drug-likeness (QED) is 0.823. The Morgan fingerprint density at radius 3 is 2.70 bits per heavy atom. The van der Waals surface area contributed by atoms with E-state index in [0.29, 0.717) is 23.9 Å². The summed E-state index contributed by atoms with van der Waals surface area (Å²) in [5.41, 5.74) is -0.792. The van der Waals surface area contributed by atoms with E-state index in [0.717, 1.165) is 9.99 Å². The van der Waals surface area contributed by atoms with E-state index >= 15 is 0 Å². The Kier molecular flexibility index (Phi) is 3.14. The summed E-state index contributed by atoms with van der Waals surface area (Å²) in [5.74, 6) is 0. The first-order valence-electron chi connectivity index (χ1n) is 6.42. The van der Waals surface area contributed by atoms with Gasteiger partial charge >= 0.3 is 6.18 Å². The lowest BCUT2D eigenvalue weighted by molar-refractivity contribution is -0.195. The molecule has 0 saturated carbocycles. The minimum absolute atomic E-state index is 0.0890. The van der Waals surface area contributed by atoms with Crippen molar-refractivity contribution in [2.75, 3.05) is 6.54 Å². The summed E-state index contributed by atoms with van der Waals surface area (Å²) >= 11 is 3.36. The van der Waals surface area contributed by atoms with Gasteiger partial charge in [0.1, 0.15) is 5.54 Å². The van der Waals surface area contributed by atoms with Crippen LogP contribution in [0.25, 0.3) is 10.9 Å². The number of rotatable bonds is 1. The van der Waals surface area contributed by atoms with Gasteiger partial charge in [0.05, 0.1) is 0 Å². The fourth-order valence-electron chi connectivity index (χ4n) is 3.07. The van der Waals surface area contributed by atoms with Crippen molar-refractivity contribution in [3.8, 4) is 0 Å². The highest BCUT2D eigenvalue weighted by Crippen LogP contribution is 2.47. The molecule has 1 aliphatic rings. The molecule has 0 spiro atoms. The maximum Gasteiger partial charge on any atom is 0.410 e. The third-order valence-electron chi connectivity index (χ3n) is 4.05. The molecule has 0 bridgehead atoms. The van der Waals surface area contributed by atoms with E-state index in [1.54, 1.807) is 29.9 Å². The molecule has 1 aromatic heterocycles. The van der Waals surface area contributed by atoms with Gasteiger partial charge in [-0.25, -0.2) is 0 Å². The fourth-order valence-corrected chi connectivity index (χ4v) is 3.41. The molecular formula is C14H14BrF3N2. The number of alkyl halides is 3. The summed E-state index contributed by atoms with van der Waals surface area (Å²) in [5, 5.41) is 3.35. The van der Waals surface area contributed by atoms with E-state index in [-0.39, 0.29) is 6.42 Å². The Labute approximate surface area is 123 Å². The molecule has 6 heteroatoms. The predicted octanol–water partition coefficient (Wildman–Crippen LogP) is 4.08. The number of fused-ring (bicyclic) bond motifs is 1. The van der Waals surface area contributed by atoms with Crippen molar-refractivity contribution in [2.45, 2.75) is 24.6 Å². The zero-order valence-electron chi connectivity index (χ0n) is 10.9. The molecule has 20 heavy (non-hydrogen) atoms. The molecule has 2 nitrogen and oxygen atoms in total. The van der Waals surface area contributed by atoms with Crippen molar-refractivity contribution in [1.29, 1.82) is 0 Å². The van der Waals surface area contributed by atoms with Gasteiger partial charge in [-0.2, -0.15) is 13.2 Å². The van der Waals surface area contributed by atoms with Crippen LogP contribution >= 0.6 is 15.9 Å². The standard InChI is InChI=1S/C14H14BrF3N2/c1-20-8-11(10-4-3-9(15)7-12(10)20)13(14(16,17)18)5-2-6-19-13/h3-4,7-8,19H,2,5-6H2,1H3. The Morgan fingerprint density at radius 1 is 1.35 bits per heavy atom. The van der Waals surface area contributed by atoms with Gasteiger partial charge in [0.2, 0.25) is 0 Å². The predicted molar refractivity (Wildman–Crippen MR) is 75.6 cm³/mol. The third-order valence-corrected chi connectivity index (χ3v) is 4.54. The number of aromatic nitrogens is 1. The van der Waals surface area contributed by atoms with E-state index in [1.807, 2.05) is 6.07 Å². The van der Waals surface area contributed by atoms with Crippen molar-refractivity contribution >= 4 is 26.8 Å². The van der Waals surface area contributed by atoms with Crippen LogP contribution in [0.3, 0.4) is 0 Å². The third kappa shape index (κ3) is 1.89. The molecule has 1 N–H and O–H groups in total. The second kappa shape index (κ2) is 4.49. The van der Waals surface area contributed by atoms with E-state index < -0.39 is 11.7 Å². The molecule has 0 radical (unpaired) electrons. The minimum atomic E-state index is -4.30. The van der Waals surface area contributed by atoms with Gasteiger partial charge in [-0.05, 0) is 31.5 Å². The molecule has 1 saturated heterocycles. The number of aryl methyl sites for hydroxylation is 1. The molecule has 108 valence electrons. The lowest BCUT2D eigenvalue weighted by Crippen LogP contribution is -2.49. The SMILES string of the molecule is Cn1cc(C2(C(F)(F)F)CCCN2)c2ccc(Br)cc21. The van der Waals surface area contributed by atoms with Crippen molar-refractivity contribution in [1.82, 2.24) is 9.88 Å². The van der Waals surface area contributed by atoms with Crippen molar-refractivity contribution in [3.05, 3.63) is 34.4 Å². The number of nitrogens with zero attached hydrogens (tertiary/aromatic N) is 1. The van der Waals surface area contributed by atoms with Crippen LogP contribution in [-0.2, 0) is 12.6 Å². The molecule has 0 aliphatic carbocycles. The molecule has 1 aliphatic heterocycles. The maximum atomic E-state index is 13.6. The van der Waals surface area contributed by atoms with Crippen LogP contribution in [0.15, 0.2) is 28.9 Å². The van der Waals surface area contributed by atoms with Crippen molar-refractivity contribution in [3.63, 3.8) is 0 Å². The highest BCUT2D eigenvalue weighted by Gasteiger charge is 2.58. The summed E-state index contributed by atoms with van der Waals surface area (Å²) in [4.78, 5) is 0. The number of nitrogens with one attached hydrogen (secondary N) is 1. The topological polar surface area (TPSA) is 17.0 Å². The van der Waals surface area contributed by atoms with Gasteiger partial charge in [-0.3, -0.25) is 5.32 Å². The summed E-state index contributed by atoms with van der Waals surface area (Å²) < 4.78 is 43.5. The van der Waals surface area contributed by atoms with E-state index in [2.05, 4.69) is 21.2 Å². The largest absolute Gasteiger partial charge is 0.410 e. The smallest absolute Gasteiger partial charge is 0.350 e. The van der Waals surface area contributed by atoms with Crippen LogP contribution in [0, 0.1) is 0 Å². The van der Waals surface area contributed by atoms with Crippen LogP contribution in [-0.4, -0.2) is 17.3 Å². The van der Waals surface area contributed by atoms with Gasteiger partial charge in [0, 0.05) is 34.2 Å². The van der Waals surface area contributed by atoms with E-state index in [1.165, 1.54) is 0 Å². The van der Waals surface area contributed by atoms with Gasteiger partial charge in [-0.15, -0.1) is 0 Å². The van der Waals surface area contributed by atoms with Crippen LogP contribution in [0.2, 0.25) is 0 Å². The highest BCUT2D eigenvalue weighted by atomic mass is 79.9. The van der Waals surface area contributed by atoms with E-state index in [9.17, 15) is 13.2 Å². The monoisotopic (exact) mass is 346 g/mol. The Balaban J connectivity index is 2.28. The maximum absolute atomic E-state index is 13.6. The first-order chi connectivity index (χ1) is 9.35. The second-order valence-electron chi connectivity index (χ2n) is 5.25. The number of benzene rings is 1. The normalized spacial score (nSPS) is 23.6. The van der Waals surface area contributed by atoms with Gasteiger partial charge in [0.15, 0.2) is 0 Å². The number of halogens is 4. The lowest BCUT2D eigenvalue weighted by Gasteiger charge is -2.32. The molecular weight excluding hydrogens is 333 g/mol. The molecule has 1 fully saturated rings. The molecule has 3 rings (SSSR count). The average molecular weight is 347 g/mol. The molecule has 0 amide bonds. The first-order valence-corrected chi connectivity index (χ1v) is 7.21. The minimum Gasteiger partial charge on any atom is -0.350 e. The zero-order chi connectivity index (χ0) is 14.5. The van der Waals surface area contributed by atoms with Crippen LogP contribution in [0.5, 0.6) is 0 Å². The van der Waals surface area contributed by atoms with Gasteiger partial charge in [0.25, 0.3) is 0 Å². The highest BCUT2D eigenvalue weighted by molar-refractivity contribution is 9.10. The molecule has 2 aromatic rings. The molecule has 1 atom stereocenters. The Hall–Kier alpha value is -1.01. The summed E-state index contributed by atoms with van der Waals surface area (Å²) in [6.45, 7) is 0.395. The molecule has 1 aromatic carbocycles. The van der Waals surface area contributed by atoms with E-state index in [4.69, 9.17) is 0 Å². The zero-order valence-corrected chi connectivity index (χ0v) is 12.5. The first kappa shape index (κ1) is 13.9. The summed E-state index contributed by atoms with van der Waals surface area (Å²) in [7, 11) is 1.78. The van der Waals surface area contributed by atoms with Crippen molar-refractivity contribution < 1.29 is 13.2 Å². The summed E-state index contributed by atoms with van der Waals surface area (Å²) in [6.07, 6.45) is -2.08. The van der Waals surface area contributed by atoms with Crippen molar-refractivity contribution in [2.24, 2.45) is 7.05 Å². The Morgan fingerprint density at radius 2 is 2.10 bits per heavy atom. The second-order valence-corrected chi connectivity index (χ2v) is 6.16. The van der Waals surface area contributed by atoms with Crippen LogP contribution < -0.4 is 5.32 Å². The fraction of sp³-hybridized carbons (Fsp3) is 0.429.